The topological polar surface area (TPSA) is 84.2 Å². The van der Waals surface area contributed by atoms with Gasteiger partial charge in [0.2, 0.25) is 0 Å². The van der Waals surface area contributed by atoms with E-state index in [0.29, 0.717) is 18.4 Å². The summed E-state index contributed by atoms with van der Waals surface area (Å²) in [6.45, 7) is 4.01. The van der Waals surface area contributed by atoms with Crippen LogP contribution >= 0.6 is 0 Å². The summed E-state index contributed by atoms with van der Waals surface area (Å²) < 4.78 is 1.75. The molecule has 1 aromatic carbocycles. The van der Waals surface area contributed by atoms with E-state index >= 15 is 0 Å². The highest BCUT2D eigenvalue weighted by molar-refractivity contribution is 5.95. The lowest BCUT2D eigenvalue weighted by molar-refractivity contribution is -0.150. The monoisotopic (exact) mass is 355 g/mol. The van der Waals surface area contributed by atoms with Crippen molar-refractivity contribution in [2.45, 2.75) is 46.0 Å². The number of amides is 1. The van der Waals surface area contributed by atoms with Crippen LogP contribution in [0, 0.1) is 19.3 Å². The smallest absolute Gasteiger partial charge is 0.311 e. The molecule has 0 radical (unpaired) electrons. The highest BCUT2D eigenvalue weighted by atomic mass is 16.4. The molecule has 0 bridgehead atoms. The molecule has 0 atom stereocenters. The summed E-state index contributed by atoms with van der Waals surface area (Å²) in [4.78, 5) is 24.4. The number of nitrogens with zero attached hydrogens (tertiary/aromatic N) is 2. The molecule has 0 aliphatic heterocycles. The molecule has 26 heavy (non-hydrogen) atoms. The molecule has 0 saturated heterocycles. The Labute approximate surface area is 153 Å². The van der Waals surface area contributed by atoms with E-state index in [1.165, 1.54) is 0 Å². The normalized spacial score (nSPS) is 16.2. The Hall–Kier alpha value is -2.63. The van der Waals surface area contributed by atoms with Gasteiger partial charge in [-0.3, -0.25) is 9.59 Å². The number of benzene rings is 1. The summed E-state index contributed by atoms with van der Waals surface area (Å²) in [5.74, 6) is -1.08. The molecule has 1 saturated carbocycles. The van der Waals surface area contributed by atoms with Gasteiger partial charge in [0.15, 0.2) is 0 Å². The Morgan fingerprint density at radius 1 is 1.19 bits per heavy atom. The van der Waals surface area contributed by atoms with Crippen molar-refractivity contribution in [2.24, 2.45) is 5.41 Å². The third kappa shape index (κ3) is 3.36. The second-order valence-corrected chi connectivity index (χ2v) is 7.17. The molecule has 6 nitrogen and oxygen atoms in total. The molecule has 2 aromatic rings. The highest BCUT2D eigenvalue weighted by Crippen LogP contribution is 2.36. The van der Waals surface area contributed by atoms with Crippen molar-refractivity contribution in [3.05, 3.63) is 47.3 Å². The van der Waals surface area contributed by atoms with E-state index in [-0.39, 0.29) is 12.5 Å². The maximum atomic E-state index is 12.6. The van der Waals surface area contributed by atoms with Crippen LogP contribution in [-0.2, 0) is 4.79 Å². The number of carbonyl (C=O) groups excluding carboxylic acids is 1. The van der Waals surface area contributed by atoms with Gasteiger partial charge in [-0.25, -0.2) is 4.68 Å². The van der Waals surface area contributed by atoms with Crippen LogP contribution in [0.15, 0.2) is 30.5 Å². The second-order valence-electron chi connectivity index (χ2n) is 7.17. The van der Waals surface area contributed by atoms with Gasteiger partial charge in [-0.1, -0.05) is 37.5 Å². The summed E-state index contributed by atoms with van der Waals surface area (Å²) >= 11 is 0. The molecule has 138 valence electrons. The van der Waals surface area contributed by atoms with Crippen molar-refractivity contribution in [3.8, 4) is 5.69 Å². The molecule has 1 aliphatic carbocycles. The maximum absolute atomic E-state index is 12.6. The van der Waals surface area contributed by atoms with E-state index in [9.17, 15) is 14.7 Å². The predicted octanol–water partition coefficient (Wildman–Crippen LogP) is 3.25. The van der Waals surface area contributed by atoms with E-state index < -0.39 is 11.4 Å². The minimum atomic E-state index is -0.839. The average Bonchev–Trinajstić information content (AvgIpc) is 3.02. The SMILES string of the molecule is Cc1ccccc1-n1ncc(C(=O)NCC2(C(=O)O)CCCCC2)c1C. The van der Waals surface area contributed by atoms with Crippen LogP contribution in [0.5, 0.6) is 0 Å². The van der Waals surface area contributed by atoms with E-state index in [1.54, 1.807) is 10.9 Å². The van der Waals surface area contributed by atoms with Crippen LogP contribution < -0.4 is 5.32 Å². The maximum Gasteiger partial charge on any atom is 0.311 e. The number of carboxylic acids is 1. The zero-order chi connectivity index (χ0) is 18.7. The summed E-state index contributed by atoms with van der Waals surface area (Å²) in [6, 6.07) is 7.85. The van der Waals surface area contributed by atoms with Crippen molar-refractivity contribution < 1.29 is 14.7 Å². The van der Waals surface area contributed by atoms with Crippen molar-refractivity contribution >= 4 is 11.9 Å². The number of carbonyl (C=O) groups is 2. The van der Waals surface area contributed by atoms with E-state index in [1.807, 2.05) is 38.1 Å². The molecule has 3 rings (SSSR count). The van der Waals surface area contributed by atoms with Crippen molar-refractivity contribution in [1.82, 2.24) is 15.1 Å². The molecular formula is C20H25N3O3. The Balaban J connectivity index is 1.77. The largest absolute Gasteiger partial charge is 0.481 e. The third-order valence-corrected chi connectivity index (χ3v) is 5.45. The lowest BCUT2D eigenvalue weighted by Gasteiger charge is -2.33. The first-order valence-corrected chi connectivity index (χ1v) is 9.07. The van der Waals surface area contributed by atoms with E-state index in [4.69, 9.17) is 0 Å². The molecule has 1 aliphatic rings. The molecule has 2 N–H and O–H groups in total. The van der Waals surface area contributed by atoms with Crippen LogP contribution in [0.2, 0.25) is 0 Å². The lowest BCUT2D eigenvalue weighted by Crippen LogP contribution is -2.44. The molecule has 1 heterocycles. The van der Waals surface area contributed by atoms with Gasteiger partial charge in [0.25, 0.3) is 5.91 Å². The van der Waals surface area contributed by atoms with E-state index in [0.717, 1.165) is 36.2 Å². The number of nitrogens with one attached hydrogen (secondary N) is 1. The number of aliphatic carboxylic acids is 1. The quantitative estimate of drug-likeness (QED) is 0.862. The van der Waals surface area contributed by atoms with Gasteiger partial charge < -0.3 is 10.4 Å². The van der Waals surface area contributed by atoms with Crippen LogP contribution in [0.25, 0.3) is 5.69 Å². The van der Waals surface area contributed by atoms with Crippen molar-refractivity contribution in [2.75, 3.05) is 6.54 Å². The number of carboxylic acid groups (broad SMARTS) is 1. The minimum absolute atomic E-state index is 0.163. The van der Waals surface area contributed by atoms with Gasteiger partial charge in [-0.05, 0) is 38.3 Å². The summed E-state index contributed by atoms with van der Waals surface area (Å²) in [5, 5.41) is 16.8. The van der Waals surface area contributed by atoms with Crippen LogP contribution in [-0.4, -0.2) is 33.3 Å². The molecule has 1 aromatic heterocycles. The first kappa shape index (κ1) is 18.2. The molecular weight excluding hydrogens is 330 g/mol. The van der Waals surface area contributed by atoms with Gasteiger partial charge in [-0.2, -0.15) is 5.10 Å². The van der Waals surface area contributed by atoms with Gasteiger partial charge in [0.05, 0.1) is 28.6 Å². The summed E-state index contributed by atoms with van der Waals surface area (Å²) in [5.41, 5.74) is 2.37. The second kappa shape index (κ2) is 7.32. The fraction of sp³-hybridized carbons (Fsp3) is 0.450. The molecule has 0 spiro atoms. The van der Waals surface area contributed by atoms with Gasteiger partial charge in [0.1, 0.15) is 0 Å². The number of hydrogen-bond acceptors (Lipinski definition) is 3. The molecule has 0 unspecified atom stereocenters. The number of rotatable bonds is 5. The standard InChI is InChI=1S/C20H25N3O3/c1-14-8-4-5-9-17(14)23-15(2)16(12-22-23)18(24)21-13-20(19(25)26)10-6-3-7-11-20/h4-5,8-9,12H,3,6-7,10-11,13H2,1-2H3,(H,21,24)(H,25,26). The Bertz CT molecular complexity index is 819. The van der Waals surface area contributed by atoms with Crippen LogP contribution in [0.4, 0.5) is 0 Å². The van der Waals surface area contributed by atoms with Gasteiger partial charge in [-0.15, -0.1) is 0 Å². The summed E-state index contributed by atoms with van der Waals surface area (Å²) in [6.07, 6.45) is 5.63. The van der Waals surface area contributed by atoms with E-state index in [2.05, 4.69) is 10.4 Å². The van der Waals surface area contributed by atoms with Crippen molar-refractivity contribution in [3.63, 3.8) is 0 Å². The highest BCUT2D eigenvalue weighted by Gasteiger charge is 2.40. The molecule has 1 fully saturated rings. The number of para-hydroxylation sites is 1. The fourth-order valence-corrected chi connectivity index (χ4v) is 3.72. The van der Waals surface area contributed by atoms with Gasteiger partial charge in [0, 0.05) is 6.54 Å². The zero-order valence-electron chi connectivity index (χ0n) is 15.3. The zero-order valence-corrected chi connectivity index (χ0v) is 15.3. The predicted molar refractivity (Wildman–Crippen MR) is 98.5 cm³/mol. The average molecular weight is 355 g/mol. The number of aromatic nitrogens is 2. The first-order chi connectivity index (χ1) is 12.4. The Morgan fingerprint density at radius 2 is 1.88 bits per heavy atom. The van der Waals surface area contributed by atoms with Gasteiger partial charge >= 0.3 is 5.97 Å². The number of aryl methyl sites for hydroxylation is 1. The lowest BCUT2D eigenvalue weighted by atomic mass is 9.74. The molecule has 1 amide bonds. The first-order valence-electron chi connectivity index (χ1n) is 9.07. The van der Waals surface area contributed by atoms with Crippen LogP contribution in [0.3, 0.4) is 0 Å². The fourth-order valence-electron chi connectivity index (χ4n) is 3.72. The van der Waals surface area contributed by atoms with Crippen LogP contribution in [0.1, 0.15) is 53.7 Å². The Kier molecular flexibility index (Phi) is 5.11. The summed E-state index contributed by atoms with van der Waals surface area (Å²) in [7, 11) is 0. The number of hydrogen-bond donors (Lipinski definition) is 2. The molecule has 6 heteroatoms. The third-order valence-electron chi connectivity index (χ3n) is 5.45. The Morgan fingerprint density at radius 3 is 2.54 bits per heavy atom. The van der Waals surface area contributed by atoms with Crippen molar-refractivity contribution in [1.29, 1.82) is 0 Å². The minimum Gasteiger partial charge on any atom is -0.481 e.